The molecule has 0 aliphatic heterocycles. The number of hydrogen-bond acceptors (Lipinski definition) is 4. The summed E-state index contributed by atoms with van der Waals surface area (Å²) >= 11 is 1.68. The molecule has 2 aromatic heterocycles. The van der Waals surface area contributed by atoms with E-state index in [2.05, 4.69) is 40.2 Å². The predicted octanol–water partition coefficient (Wildman–Crippen LogP) is 3.88. The van der Waals surface area contributed by atoms with Gasteiger partial charge in [0, 0.05) is 23.3 Å². The summed E-state index contributed by atoms with van der Waals surface area (Å²) in [5.41, 5.74) is 4.09. The predicted molar refractivity (Wildman–Crippen MR) is 74.7 cm³/mol. The molecule has 0 aliphatic rings. The third kappa shape index (κ3) is 1.99. The molecule has 0 saturated carbocycles. The van der Waals surface area contributed by atoms with E-state index >= 15 is 0 Å². The minimum absolute atomic E-state index is 0.468. The molecular weight excluding hydrogens is 242 g/mol. The van der Waals surface area contributed by atoms with Crippen molar-refractivity contribution in [3.05, 3.63) is 41.7 Å². The van der Waals surface area contributed by atoms with Crippen LogP contribution in [-0.4, -0.2) is 15.0 Å². The van der Waals surface area contributed by atoms with Gasteiger partial charge in [-0.1, -0.05) is 13.8 Å². The number of rotatable bonds is 2. The first-order chi connectivity index (χ1) is 8.74. The van der Waals surface area contributed by atoms with Gasteiger partial charge in [0.1, 0.15) is 5.01 Å². The zero-order chi connectivity index (χ0) is 12.5. The van der Waals surface area contributed by atoms with Gasteiger partial charge in [-0.15, -0.1) is 11.3 Å². The molecule has 0 bridgehead atoms. The van der Waals surface area contributed by atoms with Crippen LogP contribution < -0.4 is 0 Å². The third-order valence-corrected chi connectivity index (χ3v) is 3.74. The van der Waals surface area contributed by atoms with Crippen LogP contribution in [0.15, 0.2) is 36.0 Å². The Morgan fingerprint density at radius 2 is 1.83 bits per heavy atom. The van der Waals surface area contributed by atoms with Gasteiger partial charge in [0.05, 0.1) is 16.7 Å². The smallest absolute Gasteiger partial charge is 0.123 e. The fraction of sp³-hybridized carbons (Fsp3) is 0.214. The maximum Gasteiger partial charge on any atom is 0.123 e. The number of hydrogen-bond donors (Lipinski definition) is 0. The second kappa shape index (κ2) is 4.46. The summed E-state index contributed by atoms with van der Waals surface area (Å²) in [7, 11) is 0. The number of aromatic nitrogens is 3. The van der Waals surface area contributed by atoms with Crippen LogP contribution in [0.1, 0.15) is 25.5 Å². The van der Waals surface area contributed by atoms with Gasteiger partial charge in [0.25, 0.3) is 0 Å². The second-order valence-electron chi connectivity index (χ2n) is 4.49. The zero-order valence-electron chi connectivity index (χ0n) is 10.3. The van der Waals surface area contributed by atoms with Crippen molar-refractivity contribution in [2.45, 2.75) is 19.8 Å². The molecule has 3 nitrogen and oxygen atoms in total. The lowest BCUT2D eigenvalue weighted by atomic mass is 10.1. The molecule has 4 heteroatoms. The van der Waals surface area contributed by atoms with Crippen LogP contribution in [0.3, 0.4) is 0 Å². The van der Waals surface area contributed by atoms with E-state index < -0.39 is 0 Å². The third-order valence-electron chi connectivity index (χ3n) is 2.83. The highest BCUT2D eigenvalue weighted by molar-refractivity contribution is 7.13. The molecule has 3 rings (SSSR count). The van der Waals surface area contributed by atoms with Crippen molar-refractivity contribution in [1.82, 2.24) is 15.0 Å². The van der Waals surface area contributed by atoms with Gasteiger partial charge < -0.3 is 0 Å². The molecule has 0 spiro atoms. The average molecular weight is 255 g/mol. The molecular formula is C14H13N3S. The number of benzene rings is 1. The molecule has 0 radical (unpaired) electrons. The first-order valence-corrected chi connectivity index (χ1v) is 6.78. The molecule has 0 amide bonds. The monoisotopic (exact) mass is 255 g/mol. The normalized spacial score (nSPS) is 11.3. The van der Waals surface area contributed by atoms with Crippen LogP contribution in [0.2, 0.25) is 0 Å². The first kappa shape index (κ1) is 11.3. The Bertz CT molecular complexity index is 688. The summed E-state index contributed by atoms with van der Waals surface area (Å²) in [5, 5.41) is 3.17. The van der Waals surface area contributed by atoms with Gasteiger partial charge in [-0.2, -0.15) is 0 Å². The van der Waals surface area contributed by atoms with Crippen molar-refractivity contribution in [3.63, 3.8) is 0 Å². The Balaban J connectivity index is 2.07. The highest BCUT2D eigenvalue weighted by Gasteiger charge is 2.08. The van der Waals surface area contributed by atoms with Gasteiger partial charge in [-0.3, -0.25) is 9.97 Å². The molecule has 0 saturated heterocycles. The van der Waals surface area contributed by atoms with Crippen molar-refractivity contribution in [2.24, 2.45) is 0 Å². The molecule has 1 aromatic carbocycles. The van der Waals surface area contributed by atoms with Crippen LogP contribution in [0.25, 0.3) is 21.6 Å². The summed E-state index contributed by atoms with van der Waals surface area (Å²) in [6.07, 6.45) is 3.43. The fourth-order valence-electron chi connectivity index (χ4n) is 1.78. The van der Waals surface area contributed by atoms with Crippen LogP contribution in [-0.2, 0) is 0 Å². The number of thiazole rings is 1. The highest BCUT2D eigenvalue weighted by Crippen LogP contribution is 2.28. The standard InChI is InChI=1S/C14H13N3S/c1-9(2)13-8-18-14(17-13)10-3-4-11-12(7-10)16-6-5-15-11/h3-9H,1-2H3. The van der Waals surface area contributed by atoms with Crippen molar-refractivity contribution >= 4 is 22.4 Å². The van der Waals surface area contributed by atoms with Gasteiger partial charge in [-0.25, -0.2) is 4.98 Å². The summed E-state index contributed by atoms with van der Waals surface area (Å²) in [6.45, 7) is 4.31. The molecule has 18 heavy (non-hydrogen) atoms. The van der Waals surface area contributed by atoms with Crippen molar-refractivity contribution in [2.75, 3.05) is 0 Å². The maximum atomic E-state index is 4.66. The summed E-state index contributed by atoms with van der Waals surface area (Å²) < 4.78 is 0. The van der Waals surface area contributed by atoms with Gasteiger partial charge >= 0.3 is 0 Å². The summed E-state index contributed by atoms with van der Waals surface area (Å²) in [4.78, 5) is 13.3. The average Bonchev–Trinajstić information content (AvgIpc) is 2.88. The Morgan fingerprint density at radius 1 is 1.06 bits per heavy atom. The highest BCUT2D eigenvalue weighted by atomic mass is 32.1. The lowest BCUT2D eigenvalue weighted by molar-refractivity contribution is 0.834. The van der Waals surface area contributed by atoms with E-state index in [0.717, 1.165) is 27.3 Å². The van der Waals surface area contributed by atoms with Crippen molar-refractivity contribution in [3.8, 4) is 10.6 Å². The topological polar surface area (TPSA) is 38.7 Å². The zero-order valence-corrected chi connectivity index (χ0v) is 11.1. The molecule has 2 heterocycles. The van der Waals surface area contributed by atoms with Crippen molar-refractivity contribution in [1.29, 1.82) is 0 Å². The van der Waals surface area contributed by atoms with Crippen LogP contribution >= 0.6 is 11.3 Å². The SMILES string of the molecule is CC(C)c1csc(-c2ccc3nccnc3c2)n1. The molecule has 90 valence electrons. The Kier molecular flexibility index (Phi) is 2.80. The largest absolute Gasteiger partial charge is 0.253 e. The van der Waals surface area contributed by atoms with Gasteiger partial charge in [0.15, 0.2) is 0 Å². The van der Waals surface area contributed by atoms with E-state index in [1.807, 2.05) is 12.1 Å². The lowest BCUT2D eigenvalue weighted by Gasteiger charge is -2.00. The number of fused-ring (bicyclic) bond motifs is 1. The van der Waals surface area contributed by atoms with Gasteiger partial charge in [0.2, 0.25) is 0 Å². The van der Waals surface area contributed by atoms with E-state index in [1.165, 1.54) is 0 Å². The molecule has 0 fully saturated rings. The number of nitrogens with zero attached hydrogens (tertiary/aromatic N) is 3. The molecule has 3 aromatic rings. The lowest BCUT2D eigenvalue weighted by Crippen LogP contribution is -1.87. The fourth-order valence-corrected chi connectivity index (χ4v) is 2.76. The Hall–Kier alpha value is -1.81. The Morgan fingerprint density at radius 3 is 2.56 bits per heavy atom. The second-order valence-corrected chi connectivity index (χ2v) is 5.35. The van der Waals surface area contributed by atoms with Crippen molar-refractivity contribution < 1.29 is 0 Å². The minimum atomic E-state index is 0.468. The van der Waals surface area contributed by atoms with E-state index in [4.69, 9.17) is 0 Å². The van der Waals surface area contributed by atoms with Crippen LogP contribution in [0.4, 0.5) is 0 Å². The Labute approximate surface area is 110 Å². The first-order valence-electron chi connectivity index (χ1n) is 5.90. The molecule has 0 unspecified atom stereocenters. The van der Waals surface area contributed by atoms with E-state index in [1.54, 1.807) is 23.7 Å². The molecule has 0 N–H and O–H groups in total. The van der Waals surface area contributed by atoms with Crippen LogP contribution in [0.5, 0.6) is 0 Å². The quantitative estimate of drug-likeness (QED) is 0.697. The van der Waals surface area contributed by atoms with E-state index in [-0.39, 0.29) is 0 Å². The molecule has 0 aliphatic carbocycles. The molecule has 0 atom stereocenters. The van der Waals surface area contributed by atoms with Crippen LogP contribution in [0, 0.1) is 0 Å². The maximum absolute atomic E-state index is 4.66. The minimum Gasteiger partial charge on any atom is -0.253 e. The van der Waals surface area contributed by atoms with E-state index in [0.29, 0.717) is 5.92 Å². The van der Waals surface area contributed by atoms with Gasteiger partial charge in [-0.05, 0) is 24.1 Å². The summed E-state index contributed by atoms with van der Waals surface area (Å²) in [5.74, 6) is 0.468. The summed E-state index contributed by atoms with van der Waals surface area (Å²) in [6, 6.07) is 6.10. The van der Waals surface area contributed by atoms with E-state index in [9.17, 15) is 0 Å².